The van der Waals surface area contributed by atoms with Crippen molar-refractivity contribution in [3.05, 3.63) is 30.3 Å². The molecule has 0 fully saturated rings. The molecule has 0 aliphatic rings. The standard InChI is InChI=1S/C9H9NO3/c1-5(9(12)13)6-3-2-4-7(11)8(6)10/h2-4,11H,1,10H2,(H,12,13). The van der Waals surface area contributed by atoms with E-state index in [0.717, 1.165) is 0 Å². The third-order valence-electron chi connectivity index (χ3n) is 1.67. The van der Waals surface area contributed by atoms with Gasteiger partial charge in [0.2, 0.25) is 0 Å². The van der Waals surface area contributed by atoms with E-state index in [1.807, 2.05) is 0 Å². The van der Waals surface area contributed by atoms with Gasteiger partial charge in [-0.1, -0.05) is 18.7 Å². The predicted octanol–water partition coefficient (Wildman–Crippen LogP) is 1.07. The third kappa shape index (κ3) is 1.61. The fraction of sp³-hybridized carbons (Fsp3) is 0. The van der Waals surface area contributed by atoms with E-state index in [1.165, 1.54) is 18.2 Å². The van der Waals surface area contributed by atoms with Crippen LogP contribution in [-0.2, 0) is 4.79 Å². The molecule has 1 aromatic carbocycles. The number of carbonyl (C=O) groups is 1. The minimum atomic E-state index is -1.16. The van der Waals surface area contributed by atoms with Gasteiger partial charge >= 0.3 is 5.97 Å². The van der Waals surface area contributed by atoms with Crippen molar-refractivity contribution in [2.75, 3.05) is 5.73 Å². The van der Waals surface area contributed by atoms with Crippen LogP contribution in [0.25, 0.3) is 5.57 Å². The first-order chi connectivity index (χ1) is 6.04. The second-order valence-corrected chi connectivity index (χ2v) is 2.52. The topological polar surface area (TPSA) is 83.5 Å². The molecule has 0 amide bonds. The minimum absolute atomic E-state index is 0.0369. The highest BCUT2D eigenvalue weighted by Gasteiger charge is 2.12. The molecule has 0 aromatic heterocycles. The Bertz CT molecular complexity index is 371. The molecular weight excluding hydrogens is 170 g/mol. The number of aromatic hydroxyl groups is 1. The maximum atomic E-state index is 10.5. The van der Waals surface area contributed by atoms with Gasteiger partial charge in [0.25, 0.3) is 0 Å². The van der Waals surface area contributed by atoms with Gasteiger partial charge in [-0.3, -0.25) is 0 Å². The second-order valence-electron chi connectivity index (χ2n) is 2.52. The zero-order chi connectivity index (χ0) is 10.0. The van der Waals surface area contributed by atoms with Gasteiger partial charge in [0.15, 0.2) is 0 Å². The first-order valence-electron chi connectivity index (χ1n) is 3.54. The Morgan fingerprint density at radius 2 is 2.08 bits per heavy atom. The first-order valence-corrected chi connectivity index (χ1v) is 3.54. The van der Waals surface area contributed by atoms with Crippen LogP contribution in [0.1, 0.15) is 5.56 Å². The second kappa shape index (κ2) is 3.18. The maximum absolute atomic E-state index is 10.5. The van der Waals surface area contributed by atoms with E-state index in [0.29, 0.717) is 0 Å². The average Bonchev–Trinajstić information content (AvgIpc) is 2.08. The van der Waals surface area contributed by atoms with Crippen LogP contribution in [0, 0.1) is 0 Å². The van der Waals surface area contributed by atoms with E-state index in [4.69, 9.17) is 10.8 Å². The normalized spacial score (nSPS) is 9.54. The molecule has 0 aliphatic carbocycles. The zero-order valence-electron chi connectivity index (χ0n) is 6.82. The summed E-state index contributed by atoms with van der Waals surface area (Å²) in [5.41, 5.74) is 5.60. The number of rotatable bonds is 2. The van der Waals surface area contributed by atoms with Crippen molar-refractivity contribution in [1.82, 2.24) is 0 Å². The molecule has 0 atom stereocenters. The van der Waals surface area contributed by atoms with E-state index < -0.39 is 5.97 Å². The molecule has 4 nitrogen and oxygen atoms in total. The highest BCUT2D eigenvalue weighted by atomic mass is 16.4. The van der Waals surface area contributed by atoms with Crippen LogP contribution >= 0.6 is 0 Å². The number of aliphatic carboxylic acids is 1. The summed E-state index contributed by atoms with van der Waals surface area (Å²) in [6, 6.07) is 4.38. The number of phenolic OH excluding ortho intramolecular Hbond substituents is 1. The molecule has 1 aromatic rings. The largest absolute Gasteiger partial charge is 0.506 e. The molecule has 1 rings (SSSR count). The van der Waals surface area contributed by atoms with Crippen LogP contribution in [0.3, 0.4) is 0 Å². The summed E-state index contributed by atoms with van der Waals surface area (Å²) in [5, 5.41) is 17.8. The molecular formula is C9H9NO3. The van der Waals surface area contributed by atoms with Crippen LogP contribution in [0.5, 0.6) is 5.75 Å². The maximum Gasteiger partial charge on any atom is 0.335 e. The van der Waals surface area contributed by atoms with E-state index >= 15 is 0 Å². The molecule has 0 radical (unpaired) electrons. The first kappa shape index (κ1) is 9.12. The summed E-state index contributed by atoms with van der Waals surface area (Å²) < 4.78 is 0. The van der Waals surface area contributed by atoms with Crippen molar-refractivity contribution < 1.29 is 15.0 Å². The smallest absolute Gasteiger partial charge is 0.335 e. The number of benzene rings is 1. The number of anilines is 1. The van der Waals surface area contributed by atoms with Crippen molar-refractivity contribution in [1.29, 1.82) is 0 Å². The highest BCUT2D eigenvalue weighted by Crippen LogP contribution is 2.28. The Morgan fingerprint density at radius 1 is 1.46 bits per heavy atom. The number of carboxylic acids is 1. The van der Waals surface area contributed by atoms with E-state index in [-0.39, 0.29) is 22.6 Å². The molecule has 0 bridgehead atoms. The lowest BCUT2D eigenvalue weighted by Crippen LogP contribution is -2.01. The van der Waals surface area contributed by atoms with Crippen LogP contribution in [0.2, 0.25) is 0 Å². The Balaban J connectivity index is 3.23. The molecule has 4 N–H and O–H groups in total. The third-order valence-corrected chi connectivity index (χ3v) is 1.67. The summed E-state index contributed by atoms with van der Waals surface area (Å²) in [6.07, 6.45) is 0. The monoisotopic (exact) mass is 179 g/mol. The fourth-order valence-electron chi connectivity index (χ4n) is 0.931. The van der Waals surface area contributed by atoms with Crippen molar-refractivity contribution in [3.8, 4) is 5.75 Å². The summed E-state index contributed by atoms with van der Waals surface area (Å²) in [4.78, 5) is 10.5. The van der Waals surface area contributed by atoms with Crippen LogP contribution in [-0.4, -0.2) is 16.2 Å². The molecule has 0 saturated carbocycles. The van der Waals surface area contributed by atoms with Gasteiger partial charge in [-0.15, -0.1) is 0 Å². The molecule has 0 saturated heterocycles. The van der Waals surface area contributed by atoms with Crippen molar-refractivity contribution >= 4 is 17.2 Å². The van der Waals surface area contributed by atoms with Gasteiger partial charge in [-0.05, 0) is 6.07 Å². The number of para-hydroxylation sites is 1. The average molecular weight is 179 g/mol. The Kier molecular flexibility index (Phi) is 2.23. The number of hydrogen-bond acceptors (Lipinski definition) is 3. The van der Waals surface area contributed by atoms with Crippen molar-refractivity contribution in [3.63, 3.8) is 0 Å². The molecule has 0 aliphatic heterocycles. The number of nitrogen functional groups attached to an aromatic ring is 1. The van der Waals surface area contributed by atoms with E-state index in [9.17, 15) is 9.90 Å². The molecule has 0 unspecified atom stereocenters. The van der Waals surface area contributed by atoms with Gasteiger partial charge in [-0.2, -0.15) is 0 Å². The number of hydrogen-bond donors (Lipinski definition) is 3. The van der Waals surface area contributed by atoms with Gasteiger partial charge in [0.05, 0.1) is 11.3 Å². The molecule has 68 valence electrons. The quantitative estimate of drug-likeness (QED) is 0.360. The zero-order valence-corrected chi connectivity index (χ0v) is 6.82. The summed E-state index contributed by atoms with van der Waals surface area (Å²) in [7, 11) is 0. The number of carboxylic acid groups (broad SMARTS) is 1. The lowest BCUT2D eigenvalue weighted by molar-refractivity contribution is -0.130. The van der Waals surface area contributed by atoms with E-state index in [1.54, 1.807) is 0 Å². The predicted molar refractivity (Wildman–Crippen MR) is 49.2 cm³/mol. The fourth-order valence-corrected chi connectivity index (χ4v) is 0.931. The van der Waals surface area contributed by atoms with Crippen molar-refractivity contribution in [2.24, 2.45) is 0 Å². The van der Waals surface area contributed by atoms with Crippen molar-refractivity contribution in [2.45, 2.75) is 0 Å². The Labute approximate surface area is 74.9 Å². The van der Waals surface area contributed by atoms with E-state index in [2.05, 4.69) is 6.58 Å². The summed E-state index contributed by atoms with van der Waals surface area (Å²) >= 11 is 0. The van der Waals surface area contributed by atoms with Gasteiger partial charge in [-0.25, -0.2) is 4.79 Å². The molecule has 0 spiro atoms. The van der Waals surface area contributed by atoms with Gasteiger partial charge < -0.3 is 15.9 Å². The lowest BCUT2D eigenvalue weighted by atomic mass is 10.1. The lowest BCUT2D eigenvalue weighted by Gasteiger charge is -2.05. The van der Waals surface area contributed by atoms with Crippen LogP contribution < -0.4 is 5.73 Å². The van der Waals surface area contributed by atoms with Crippen LogP contribution in [0.4, 0.5) is 5.69 Å². The summed E-state index contributed by atoms with van der Waals surface area (Å²) in [5.74, 6) is -1.29. The number of nitrogens with two attached hydrogens (primary N) is 1. The molecule has 13 heavy (non-hydrogen) atoms. The van der Waals surface area contributed by atoms with Crippen LogP contribution in [0.15, 0.2) is 24.8 Å². The van der Waals surface area contributed by atoms with Gasteiger partial charge in [0, 0.05) is 5.56 Å². The SMILES string of the molecule is C=C(C(=O)O)c1cccc(O)c1N. The minimum Gasteiger partial charge on any atom is -0.506 e. The molecule has 0 heterocycles. The Morgan fingerprint density at radius 3 is 2.62 bits per heavy atom. The molecule has 4 heteroatoms. The van der Waals surface area contributed by atoms with Gasteiger partial charge in [0.1, 0.15) is 5.75 Å². The summed E-state index contributed by atoms with van der Waals surface area (Å²) in [6.45, 7) is 3.34. The number of phenols is 1. The highest BCUT2D eigenvalue weighted by molar-refractivity contribution is 6.16. The Hall–Kier alpha value is -1.97.